The number of amides is 2. The smallest absolute Gasteiger partial charge is 0.325 e. The highest BCUT2D eigenvalue weighted by atomic mass is 32.1. The Hall–Kier alpha value is -2.41. The van der Waals surface area contributed by atoms with E-state index in [1.54, 1.807) is 49.7 Å². The molecule has 6 nitrogen and oxygen atoms in total. The molecule has 0 atom stereocenters. The maximum absolute atomic E-state index is 11.7. The van der Waals surface area contributed by atoms with Gasteiger partial charge in [0.1, 0.15) is 0 Å². The van der Waals surface area contributed by atoms with Crippen LogP contribution in [0.25, 0.3) is 0 Å². The van der Waals surface area contributed by atoms with Gasteiger partial charge in [0.25, 0.3) is 0 Å². The highest BCUT2D eigenvalue weighted by Crippen LogP contribution is 2.24. The van der Waals surface area contributed by atoms with E-state index in [4.69, 9.17) is 5.11 Å². The number of aromatic nitrogens is 1. The van der Waals surface area contributed by atoms with Crippen molar-refractivity contribution in [2.45, 2.75) is 19.3 Å². The molecule has 0 aliphatic carbocycles. The number of rotatable bonds is 4. The molecule has 2 rings (SSSR count). The SMILES string of the molecule is CC(C)(C(=O)O)c1ccc(NC(=O)Nc2nccs2)cc1. The number of anilines is 2. The Morgan fingerprint density at radius 1 is 1.19 bits per heavy atom. The van der Waals surface area contributed by atoms with Crippen LogP contribution < -0.4 is 10.6 Å². The molecule has 0 unspecified atom stereocenters. The minimum atomic E-state index is -0.971. The summed E-state index contributed by atoms with van der Waals surface area (Å²) in [4.78, 5) is 26.8. The van der Waals surface area contributed by atoms with Crippen molar-refractivity contribution in [1.82, 2.24) is 4.98 Å². The Morgan fingerprint density at radius 2 is 1.86 bits per heavy atom. The fraction of sp³-hybridized carbons (Fsp3) is 0.214. The van der Waals surface area contributed by atoms with E-state index >= 15 is 0 Å². The van der Waals surface area contributed by atoms with Crippen molar-refractivity contribution in [3.8, 4) is 0 Å². The van der Waals surface area contributed by atoms with E-state index in [1.807, 2.05) is 0 Å². The van der Waals surface area contributed by atoms with Crippen molar-refractivity contribution in [1.29, 1.82) is 0 Å². The molecule has 1 heterocycles. The monoisotopic (exact) mass is 305 g/mol. The van der Waals surface area contributed by atoms with E-state index in [0.717, 1.165) is 0 Å². The van der Waals surface area contributed by atoms with Gasteiger partial charge in [-0.25, -0.2) is 9.78 Å². The Balaban J connectivity index is 2.02. The minimum Gasteiger partial charge on any atom is -0.481 e. The maximum atomic E-state index is 11.7. The second-order valence-electron chi connectivity index (χ2n) is 4.92. The molecule has 0 saturated carbocycles. The summed E-state index contributed by atoms with van der Waals surface area (Å²) in [6, 6.07) is 6.32. The van der Waals surface area contributed by atoms with Gasteiger partial charge in [-0.3, -0.25) is 10.1 Å². The average molecular weight is 305 g/mol. The van der Waals surface area contributed by atoms with E-state index in [0.29, 0.717) is 16.4 Å². The molecule has 110 valence electrons. The van der Waals surface area contributed by atoms with E-state index in [1.165, 1.54) is 11.3 Å². The van der Waals surface area contributed by atoms with Gasteiger partial charge in [-0.15, -0.1) is 11.3 Å². The lowest BCUT2D eigenvalue weighted by Crippen LogP contribution is -2.28. The average Bonchev–Trinajstić information content (AvgIpc) is 2.91. The highest BCUT2D eigenvalue weighted by molar-refractivity contribution is 7.13. The lowest BCUT2D eigenvalue weighted by molar-refractivity contribution is -0.142. The number of carboxylic acids is 1. The van der Waals surface area contributed by atoms with Gasteiger partial charge in [0.2, 0.25) is 0 Å². The maximum Gasteiger partial charge on any atom is 0.325 e. The number of nitrogens with one attached hydrogen (secondary N) is 2. The Kier molecular flexibility index (Phi) is 4.23. The third kappa shape index (κ3) is 3.57. The van der Waals surface area contributed by atoms with Crippen LogP contribution in [0.2, 0.25) is 0 Å². The van der Waals surface area contributed by atoms with Gasteiger partial charge < -0.3 is 10.4 Å². The van der Waals surface area contributed by atoms with Crippen molar-refractivity contribution >= 4 is 34.2 Å². The van der Waals surface area contributed by atoms with Gasteiger partial charge in [-0.05, 0) is 31.5 Å². The van der Waals surface area contributed by atoms with Crippen molar-refractivity contribution < 1.29 is 14.7 Å². The van der Waals surface area contributed by atoms with Crippen LogP contribution >= 0.6 is 11.3 Å². The topological polar surface area (TPSA) is 91.3 Å². The lowest BCUT2D eigenvalue weighted by atomic mass is 9.85. The number of hydrogen-bond donors (Lipinski definition) is 3. The number of benzene rings is 1. The zero-order valence-electron chi connectivity index (χ0n) is 11.6. The fourth-order valence-electron chi connectivity index (χ4n) is 1.64. The predicted molar refractivity (Wildman–Crippen MR) is 81.9 cm³/mol. The predicted octanol–water partition coefficient (Wildman–Crippen LogP) is 3.15. The Labute approximate surface area is 125 Å². The fourth-order valence-corrected chi connectivity index (χ4v) is 2.16. The molecular formula is C14H15N3O3S. The first-order valence-corrected chi connectivity index (χ1v) is 7.09. The first-order valence-electron chi connectivity index (χ1n) is 6.21. The van der Waals surface area contributed by atoms with E-state index in [9.17, 15) is 9.59 Å². The van der Waals surface area contributed by atoms with Crippen molar-refractivity contribution in [2.24, 2.45) is 0 Å². The molecule has 0 saturated heterocycles. The molecular weight excluding hydrogens is 290 g/mol. The number of nitrogens with zero attached hydrogens (tertiary/aromatic N) is 1. The number of urea groups is 1. The van der Waals surface area contributed by atoms with Gasteiger partial charge in [0.15, 0.2) is 5.13 Å². The molecule has 2 amide bonds. The third-order valence-corrected chi connectivity index (χ3v) is 3.74. The van der Waals surface area contributed by atoms with Crippen LogP contribution in [0.3, 0.4) is 0 Å². The molecule has 0 spiro atoms. The Bertz CT molecular complexity index is 636. The molecule has 2 aromatic rings. The standard InChI is InChI=1S/C14H15N3O3S/c1-14(2,11(18)19)9-3-5-10(6-4-9)16-12(20)17-13-15-7-8-21-13/h3-8H,1-2H3,(H,18,19)(H2,15,16,17,20). The van der Waals surface area contributed by atoms with Crippen molar-refractivity contribution in [3.05, 3.63) is 41.4 Å². The van der Waals surface area contributed by atoms with Crippen LogP contribution in [-0.2, 0) is 10.2 Å². The lowest BCUT2D eigenvalue weighted by Gasteiger charge is -2.19. The molecule has 0 aliphatic heterocycles. The number of thiazole rings is 1. The third-order valence-electron chi connectivity index (χ3n) is 3.05. The largest absolute Gasteiger partial charge is 0.481 e. The van der Waals surface area contributed by atoms with Crippen LogP contribution in [0.15, 0.2) is 35.8 Å². The summed E-state index contributed by atoms with van der Waals surface area (Å²) >= 11 is 1.32. The zero-order valence-corrected chi connectivity index (χ0v) is 12.4. The van der Waals surface area contributed by atoms with Gasteiger partial charge >= 0.3 is 12.0 Å². The molecule has 7 heteroatoms. The first kappa shape index (κ1) is 15.0. The minimum absolute atomic E-state index is 0.393. The van der Waals surface area contributed by atoms with E-state index in [-0.39, 0.29) is 0 Å². The number of carbonyl (C=O) groups is 2. The quantitative estimate of drug-likeness (QED) is 0.809. The number of carbonyl (C=O) groups excluding carboxylic acids is 1. The second-order valence-corrected chi connectivity index (χ2v) is 5.82. The van der Waals surface area contributed by atoms with Gasteiger partial charge in [0, 0.05) is 17.3 Å². The van der Waals surface area contributed by atoms with Crippen LogP contribution in [0.1, 0.15) is 19.4 Å². The molecule has 21 heavy (non-hydrogen) atoms. The molecule has 0 fully saturated rings. The number of hydrogen-bond acceptors (Lipinski definition) is 4. The summed E-state index contributed by atoms with van der Waals surface area (Å²) < 4.78 is 0. The van der Waals surface area contributed by atoms with Crippen LogP contribution in [0.4, 0.5) is 15.6 Å². The summed E-state index contributed by atoms with van der Waals surface area (Å²) in [7, 11) is 0. The molecule has 0 radical (unpaired) electrons. The number of aliphatic carboxylic acids is 1. The molecule has 0 bridgehead atoms. The zero-order chi connectivity index (χ0) is 15.5. The van der Waals surface area contributed by atoms with Gasteiger partial charge in [-0.2, -0.15) is 0 Å². The van der Waals surface area contributed by atoms with Crippen LogP contribution in [0.5, 0.6) is 0 Å². The van der Waals surface area contributed by atoms with E-state index in [2.05, 4.69) is 15.6 Å². The van der Waals surface area contributed by atoms with Gasteiger partial charge in [-0.1, -0.05) is 12.1 Å². The summed E-state index contributed by atoms with van der Waals surface area (Å²) in [5.74, 6) is -0.898. The van der Waals surface area contributed by atoms with Crippen molar-refractivity contribution in [2.75, 3.05) is 10.6 Å². The molecule has 0 aliphatic rings. The molecule has 1 aromatic carbocycles. The normalized spacial score (nSPS) is 11.0. The van der Waals surface area contributed by atoms with Gasteiger partial charge in [0.05, 0.1) is 5.41 Å². The first-order chi connectivity index (χ1) is 9.89. The summed E-state index contributed by atoms with van der Waals surface area (Å²) in [5, 5.41) is 16.7. The Morgan fingerprint density at radius 3 is 2.38 bits per heavy atom. The van der Waals surface area contributed by atoms with Crippen LogP contribution in [0, 0.1) is 0 Å². The van der Waals surface area contributed by atoms with E-state index < -0.39 is 17.4 Å². The number of carboxylic acid groups (broad SMARTS) is 1. The molecule has 3 N–H and O–H groups in total. The van der Waals surface area contributed by atoms with Crippen molar-refractivity contribution in [3.63, 3.8) is 0 Å². The highest BCUT2D eigenvalue weighted by Gasteiger charge is 2.29. The summed E-state index contributed by atoms with van der Waals surface area (Å²) in [6.45, 7) is 3.26. The summed E-state index contributed by atoms with van der Waals surface area (Å²) in [6.07, 6.45) is 1.60. The molecule has 1 aromatic heterocycles. The summed E-state index contributed by atoms with van der Waals surface area (Å²) in [5.41, 5.74) is 0.275. The van der Waals surface area contributed by atoms with Crippen LogP contribution in [-0.4, -0.2) is 22.1 Å². The second kappa shape index (κ2) is 5.92.